The van der Waals surface area contributed by atoms with E-state index in [2.05, 4.69) is 0 Å². The quantitative estimate of drug-likeness (QED) is 0.710. The van der Waals surface area contributed by atoms with E-state index in [-0.39, 0.29) is 26.3 Å². The molecule has 0 saturated heterocycles. The van der Waals surface area contributed by atoms with E-state index in [1.165, 1.54) is 11.9 Å². The molecule has 0 aromatic heterocycles. The van der Waals surface area contributed by atoms with Crippen molar-refractivity contribution in [2.45, 2.75) is 19.5 Å². The fraction of sp³-hybridized carbons (Fsp3) is 1.00. The van der Waals surface area contributed by atoms with Gasteiger partial charge in [0.2, 0.25) is 0 Å². The SMILES string of the molecule is CN(CCC(F)(F)F)CC(C)(CO)CO. The van der Waals surface area contributed by atoms with Crippen LogP contribution in [0.5, 0.6) is 0 Å². The van der Waals surface area contributed by atoms with E-state index in [0.717, 1.165) is 0 Å². The molecule has 0 aliphatic rings. The molecule has 0 aliphatic heterocycles. The van der Waals surface area contributed by atoms with E-state index in [0.29, 0.717) is 0 Å². The first-order valence-electron chi connectivity index (χ1n) is 4.69. The molecule has 2 N–H and O–H groups in total. The average molecular weight is 229 g/mol. The predicted octanol–water partition coefficient (Wildman–Crippen LogP) is 0.861. The highest BCUT2D eigenvalue weighted by Crippen LogP contribution is 2.21. The van der Waals surface area contributed by atoms with Crippen LogP contribution in [0.2, 0.25) is 0 Å². The van der Waals surface area contributed by atoms with Gasteiger partial charge in [0.25, 0.3) is 0 Å². The maximum Gasteiger partial charge on any atom is 0.390 e. The Kier molecular flexibility index (Phi) is 5.55. The molecule has 0 aliphatic carbocycles. The molecule has 0 unspecified atom stereocenters. The second-order valence-corrected chi connectivity index (χ2v) is 4.23. The van der Waals surface area contributed by atoms with Crippen LogP contribution in [0.4, 0.5) is 13.2 Å². The van der Waals surface area contributed by atoms with Gasteiger partial charge in [-0.1, -0.05) is 6.92 Å². The Bertz CT molecular complexity index is 181. The molecule has 0 heterocycles. The third kappa shape index (κ3) is 6.70. The molecule has 0 amide bonds. The van der Waals surface area contributed by atoms with E-state index in [4.69, 9.17) is 10.2 Å². The van der Waals surface area contributed by atoms with Crippen molar-refractivity contribution in [3.05, 3.63) is 0 Å². The average Bonchev–Trinajstić information content (AvgIpc) is 2.13. The van der Waals surface area contributed by atoms with Crippen molar-refractivity contribution < 1.29 is 23.4 Å². The summed E-state index contributed by atoms with van der Waals surface area (Å²) in [4.78, 5) is 1.46. The number of alkyl halides is 3. The summed E-state index contributed by atoms with van der Waals surface area (Å²) in [7, 11) is 1.54. The highest BCUT2D eigenvalue weighted by atomic mass is 19.4. The molecule has 0 atom stereocenters. The molecule has 92 valence electrons. The Labute approximate surface area is 87.5 Å². The molecular formula is C9H18F3NO2. The largest absolute Gasteiger partial charge is 0.396 e. The molecule has 0 fully saturated rings. The molecule has 0 spiro atoms. The molecule has 6 heteroatoms. The first kappa shape index (κ1) is 14.7. The predicted molar refractivity (Wildman–Crippen MR) is 50.4 cm³/mol. The van der Waals surface area contributed by atoms with E-state index >= 15 is 0 Å². The molecule has 15 heavy (non-hydrogen) atoms. The van der Waals surface area contributed by atoms with Crippen LogP contribution in [-0.4, -0.2) is 54.6 Å². The standard InChI is InChI=1S/C9H18F3NO2/c1-8(6-14,7-15)5-13(2)4-3-9(10,11)12/h14-15H,3-7H2,1-2H3. The van der Waals surface area contributed by atoms with Gasteiger partial charge < -0.3 is 15.1 Å². The normalized spacial score (nSPS) is 13.6. The molecule has 0 aromatic carbocycles. The van der Waals surface area contributed by atoms with Gasteiger partial charge in [0, 0.05) is 18.5 Å². The van der Waals surface area contributed by atoms with Crippen LogP contribution in [0, 0.1) is 5.41 Å². The van der Waals surface area contributed by atoms with Crippen LogP contribution in [0.15, 0.2) is 0 Å². The Morgan fingerprint density at radius 2 is 1.60 bits per heavy atom. The van der Waals surface area contributed by atoms with E-state index in [1.54, 1.807) is 6.92 Å². The Hall–Kier alpha value is -0.330. The summed E-state index contributed by atoms with van der Waals surface area (Å²) < 4.78 is 35.7. The van der Waals surface area contributed by atoms with Gasteiger partial charge in [-0.05, 0) is 7.05 Å². The minimum Gasteiger partial charge on any atom is -0.396 e. The Morgan fingerprint density at radius 1 is 1.13 bits per heavy atom. The van der Waals surface area contributed by atoms with Crippen LogP contribution < -0.4 is 0 Å². The minimum absolute atomic E-state index is 0.126. The summed E-state index contributed by atoms with van der Waals surface area (Å²) in [5.41, 5.74) is -0.750. The molecule has 0 saturated carbocycles. The van der Waals surface area contributed by atoms with Gasteiger partial charge in [0.05, 0.1) is 19.6 Å². The van der Waals surface area contributed by atoms with Crippen molar-refractivity contribution >= 4 is 0 Å². The van der Waals surface area contributed by atoms with E-state index in [9.17, 15) is 13.2 Å². The maximum absolute atomic E-state index is 11.9. The van der Waals surface area contributed by atoms with Crippen molar-refractivity contribution in [3.8, 4) is 0 Å². The smallest absolute Gasteiger partial charge is 0.390 e. The lowest BCUT2D eigenvalue weighted by atomic mass is 9.92. The van der Waals surface area contributed by atoms with E-state index in [1.807, 2.05) is 0 Å². The lowest BCUT2D eigenvalue weighted by Crippen LogP contribution is -2.40. The number of aliphatic hydroxyl groups excluding tert-OH is 2. The molecule has 0 aromatic rings. The summed E-state index contributed by atoms with van der Waals surface area (Å²) in [5, 5.41) is 17.9. The monoisotopic (exact) mass is 229 g/mol. The molecule has 3 nitrogen and oxygen atoms in total. The van der Waals surface area contributed by atoms with Crippen molar-refractivity contribution in [2.75, 3.05) is 33.4 Å². The summed E-state index contributed by atoms with van der Waals surface area (Å²) in [5.74, 6) is 0. The van der Waals surface area contributed by atoms with Crippen LogP contribution in [-0.2, 0) is 0 Å². The van der Waals surface area contributed by atoms with Crippen molar-refractivity contribution in [2.24, 2.45) is 5.41 Å². The number of aliphatic hydroxyl groups is 2. The van der Waals surface area contributed by atoms with Crippen LogP contribution >= 0.6 is 0 Å². The number of rotatable bonds is 6. The summed E-state index contributed by atoms with van der Waals surface area (Å²) >= 11 is 0. The number of halogens is 3. The zero-order chi connectivity index (χ0) is 12.1. The molecular weight excluding hydrogens is 211 g/mol. The van der Waals surface area contributed by atoms with E-state index < -0.39 is 18.0 Å². The van der Waals surface area contributed by atoms with Crippen molar-refractivity contribution in [3.63, 3.8) is 0 Å². The number of hydrogen-bond donors (Lipinski definition) is 2. The molecule has 0 radical (unpaired) electrons. The minimum atomic E-state index is -4.16. The molecule has 0 rings (SSSR count). The Balaban J connectivity index is 3.97. The van der Waals surface area contributed by atoms with Gasteiger partial charge in [-0.15, -0.1) is 0 Å². The van der Waals surface area contributed by atoms with Gasteiger partial charge >= 0.3 is 6.18 Å². The summed E-state index contributed by atoms with van der Waals surface area (Å²) in [6.07, 6.45) is -5.04. The van der Waals surface area contributed by atoms with Crippen LogP contribution in [0.3, 0.4) is 0 Å². The zero-order valence-electron chi connectivity index (χ0n) is 9.01. The number of nitrogens with zero attached hydrogens (tertiary/aromatic N) is 1. The van der Waals surface area contributed by atoms with Crippen LogP contribution in [0.25, 0.3) is 0 Å². The Morgan fingerprint density at radius 3 is 1.93 bits per heavy atom. The third-order valence-electron chi connectivity index (χ3n) is 2.19. The number of hydrogen-bond acceptors (Lipinski definition) is 3. The van der Waals surface area contributed by atoms with Crippen molar-refractivity contribution in [1.82, 2.24) is 4.90 Å². The summed E-state index contributed by atoms with van der Waals surface area (Å²) in [6.45, 7) is 1.23. The lowest BCUT2D eigenvalue weighted by Gasteiger charge is -2.30. The topological polar surface area (TPSA) is 43.7 Å². The van der Waals surface area contributed by atoms with Gasteiger partial charge in [0.1, 0.15) is 0 Å². The second-order valence-electron chi connectivity index (χ2n) is 4.23. The molecule has 0 bridgehead atoms. The highest BCUT2D eigenvalue weighted by molar-refractivity contribution is 4.76. The second kappa shape index (κ2) is 5.67. The summed E-state index contributed by atoms with van der Waals surface area (Å²) in [6, 6.07) is 0. The van der Waals surface area contributed by atoms with Gasteiger partial charge in [-0.3, -0.25) is 0 Å². The highest BCUT2D eigenvalue weighted by Gasteiger charge is 2.29. The van der Waals surface area contributed by atoms with Crippen LogP contribution in [0.1, 0.15) is 13.3 Å². The first-order chi connectivity index (χ1) is 6.72. The van der Waals surface area contributed by atoms with Gasteiger partial charge in [-0.25, -0.2) is 0 Å². The fourth-order valence-corrected chi connectivity index (χ4v) is 1.20. The maximum atomic E-state index is 11.9. The first-order valence-corrected chi connectivity index (χ1v) is 4.69. The zero-order valence-corrected chi connectivity index (χ0v) is 9.01. The third-order valence-corrected chi connectivity index (χ3v) is 2.19. The van der Waals surface area contributed by atoms with Crippen molar-refractivity contribution in [1.29, 1.82) is 0 Å². The lowest BCUT2D eigenvalue weighted by molar-refractivity contribution is -0.138. The fourth-order valence-electron chi connectivity index (χ4n) is 1.20. The van der Waals surface area contributed by atoms with Gasteiger partial charge in [-0.2, -0.15) is 13.2 Å². The van der Waals surface area contributed by atoms with Gasteiger partial charge in [0.15, 0.2) is 0 Å².